The Hall–Kier alpha value is -2.38. The molecule has 0 heterocycles. The molecule has 0 bridgehead atoms. The van der Waals surface area contributed by atoms with Crippen molar-refractivity contribution in [3.05, 3.63) is 54.1 Å². The number of carbonyl (C=O) groups is 1. The van der Waals surface area contributed by atoms with Gasteiger partial charge < -0.3 is 10.1 Å². The summed E-state index contributed by atoms with van der Waals surface area (Å²) in [4.78, 5) is 11.6. The number of ether oxygens (including phenoxy) is 1. The number of benzene rings is 2. The number of nitrogens with one attached hydrogen (secondary N) is 1. The van der Waals surface area contributed by atoms with Crippen molar-refractivity contribution in [2.45, 2.75) is 31.2 Å². The lowest BCUT2D eigenvalue weighted by molar-refractivity contribution is -0.115. The molecule has 2 rings (SSSR count). The largest absolute Gasteiger partial charge is 0.496 e. The van der Waals surface area contributed by atoms with Crippen LogP contribution in [-0.4, -0.2) is 32.8 Å². The average Bonchev–Trinajstić information content (AvgIpc) is 2.67. The Morgan fingerprint density at radius 3 is 2.35 bits per heavy atom. The molecule has 0 fully saturated rings. The Morgan fingerprint density at radius 2 is 1.77 bits per heavy atom. The summed E-state index contributed by atoms with van der Waals surface area (Å²) < 4.78 is 32.5. The number of rotatable bonds is 7. The smallest absolute Gasteiger partial charge is 0.243 e. The summed E-state index contributed by atoms with van der Waals surface area (Å²) in [5.41, 5.74) is 1.35. The first-order valence-electron chi connectivity index (χ1n) is 8.32. The Bertz CT molecular complexity index is 863. The Morgan fingerprint density at radius 1 is 1.15 bits per heavy atom. The molecule has 0 saturated heterocycles. The van der Waals surface area contributed by atoms with Gasteiger partial charge in [-0.25, -0.2) is 8.42 Å². The quantitative estimate of drug-likeness (QED) is 0.803. The third-order valence-electron chi connectivity index (χ3n) is 4.27. The number of methoxy groups -OCH3 is 1. The summed E-state index contributed by atoms with van der Waals surface area (Å²) in [6.07, 6.45) is 0.360. The number of carbonyl (C=O) groups excluding carboxylic acids is 1. The van der Waals surface area contributed by atoms with E-state index in [1.807, 2.05) is 25.1 Å². The molecule has 7 heteroatoms. The fraction of sp³-hybridized carbons (Fsp3) is 0.316. The highest BCUT2D eigenvalue weighted by molar-refractivity contribution is 7.89. The van der Waals surface area contributed by atoms with Gasteiger partial charge in [0.25, 0.3) is 0 Å². The topological polar surface area (TPSA) is 75.7 Å². The van der Waals surface area contributed by atoms with E-state index in [0.29, 0.717) is 17.9 Å². The lowest BCUT2D eigenvalue weighted by Crippen LogP contribution is -2.30. The van der Waals surface area contributed by atoms with Crippen LogP contribution in [0.5, 0.6) is 5.75 Å². The van der Waals surface area contributed by atoms with Gasteiger partial charge in [0.1, 0.15) is 5.75 Å². The third-order valence-corrected chi connectivity index (χ3v) is 6.21. The molecule has 0 radical (unpaired) electrons. The lowest BCUT2D eigenvalue weighted by Gasteiger charge is -2.26. The summed E-state index contributed by atoms with van der Waals surface area (Å²) in [5, 5.41) is 2.70. The molecule has 0 aliphatic rings. The van der Waals surface area contributed by atoms with Crippen molar-refractivity contribution < 1.29 is 17.9 Å². The SMILES string of the molecule is CCC(=O)Nc1ccc(S(=O)(=O)N(C)C(C)c2ccccc2OC)cc1. The summed E-state index contributed by atoms with van der Waals surface area (Å²) >= 11 is 0. The van der Waals surface area contributed by atoms with Gasteiger partial charge in [-0.3, -0.25) is 4.79 Å². The van der Waals surface area contributed by atoms with Crippen molar-refractivity contribution in [2.24, 2.45) is 0 Å². The van der Waals surface area contributed by atoms with Gasteiger partial charge in [-0.2, -0.15) is 4.31 Å². The Labute approximate surface area is 154 Å². The van der Waals surface area contributed by atoms with Crippen LogP contribution in [0.2, 0.25) is 0 Å². The number of amides is 1. The number of hydrogen-bond acceptors (Lipinski definition) is 4. The van der Waals surface area contributed by atoms with Gasteiger partial charge in [0, 0.05) is 24.7 Å². The van der Waals surface area contributed by atoms with Gasteiger partial charge in [-0.1, -0.05) is 25.1 Å². The van der Waals surface area contributed by atoms with E-state index < -0.39 is 16.1 Å². The maximum absolute atomic E-state index is 12.9. The van der Waals surface area contributed by atoms with E-state index >= 15 is 0 Å². The van der Waals surface area contributed by atoms with Gasteiger partial charge in [0.2, 0.25) is 15.9 Å². The van der Waals surface area contributed by atoms with Crippen molar-refractivity contribution in [2.75, 3.05) is 19.5 Å². The fourth-order valence-electron chi connectivity index (χ4n) is 2.54. The van der Waals surface area contributed by atoms with E-state index in [1.54, 1.807) is 39.3 Å². The van der Waals surface area contributed by atoms with Crippen molar-refractivity contribution in [3.63, 3.8) is 0 Å². The second kappa shape index (κ2) is 8.33. The summed E-state index contributed by atoms with van der Waals surface area (Å²) in [7, 11) is -0.597. The van der Waals surface area contributed by atoms with E-state index in [1.165, 1.54) is 16.4 Å². The van der Waals surface area contributed by atoms with Crippen LogP contribution in [0.3, 0.4) is 0 Å². The van der Waals surface area contributed by atoms with E-state index in [4.69, 9.17) is 4.74 Å². The molecule has 1 atom stereocenters. The van der Waals surface area contributed by atoms with E-state index in [-0.39, 0.29) is 10.8 Å². The number of hydrogen-bond donors (Lipinski definition) is 1. The molecule has 0 saturated carbocycles. The number of nitrogens with zero attached hydrogens (tertiary/aromatic N) is 1. The minimum Gasteiger partial charge on any atom is -0.496 e. The maximum Gasteiger partial charge on any atom is 0.243 e. The molecule has 1 N–H and O–H groups in total. The normalized spacial score (nSPS) is 12.7. The van der Waals surface area contributed by atoms with Gasteiger partial charge in [0.15, 0.2) is 0 Å². The fourth-order valence-corrected chi connectivity index (χ4v) is 3.88. The van der Waals surface area contributed by atoms with Gasteiger partial charge in [-0.05, 0) is 37.3 Å². The lowest BCUT2D eigenvalue weighted by atomic mass is 10.1. The first-order valence-corrected chi connectivity index (χ1v) is 9.76. The minimum absolute atomic E-state index is 0.123. The van der Waals surface area contributed by atoms with E-state index in [9.17, 15) is 13.2 Å². The van der Waals surface area contributed by atoms with Crippen molar-refractivity contribution in [1.29, 1.82) is 0 Å². The predicted molar refractivity (Wildman–Crippen MR) is 102 cm³/mol. The maximum atomic E-state index is 12.9. The second-order valence-electron chi connectivity index (χ2n) is 5.87. The van der Waals surface area contributed by atoms with Crippen LogP contribution in [0, 0.1) is 0 Å². The molecule has 6 nitrogen and oxygen atoms in total. The summed E-state index contributed by atoms with van der Waals surface area (Å²) in [6.45, 7) is 3.56. The monoisotopic (exact) mass is 376 g/mol. The molecule has 0 aromatic heterocycles. The van der Waals surface area contributed by atoms with Crippen LogP contribution in [0.1, 0.15) is 31.9 Å². The molecule has 1 amide bonds. The van der Waals surface area contributed by atoms with E-state index in [0.717, 1.165) is 5.56 Å². The van der Waals surface area contributed by atoms with Crippen molar-refractivity contribution in [1.82, 2.24) is 4.31 Å². The first kappa shape index (κ1) is 19.9. The zero-order valence-corrected chi connectivity index (χ0v) is 16.2. The third kappa shape index (κ3) is 4.23. The van der Waals surface area contributed by atoms with Crippen molar-refractivity contribution >= 4 is 21.6 Å². The van der Waals surface area contributed by atoms with E-state index in [2.05, 4.69) is 5.32 Å². The van der Waals surface area contributed by atoms with Crippen molar-refractivity contribution in [3.8, 4) is 5.75 Å². The highest BCUT2D eigenvalue weighted by atomic mass is 32.2. The molecule has 140 valence electrons. The standard InChI is InChI=1S/C19H24N2O4S/c1-5-19(22)20-15-10-12-16(13-11-15)26(23,24)21(3)14(2)17-8-6-7-9-18(17)25-4/h6-14H,5H2,1-4H3,(H,20,22). The summed E-state index contributed by atoms with van der Waals surface area (Å²) in [6, 6.07) is 13.1. The molecule has 26 heavy (non-hydrogen) atoms. The average molecular weight is 376 g/mol. The minimum atomic E-state index is -3.70. The van der Waals surface area contributed by atoms with Crippen LogP contribution < -0.4 is 10.1 Å². The van der Waals surface area contributed by atoms with Gasteiger partial charge in [-0.15, -0.1) is 0 Å². The molecule has 2 aromatic rings. The zero-order valence-electron chi connectivity index (χ0n) is 15.4. The highest BCUT2D eigenvalue weighted by Gasteiger charge is 2.27. The molecule has 0 spiro atoms. The van der Waals surface area contributed by atoms with Crippen LogP contribution >= 0.6 is 0 Å². The highest BCUT2D eigenvalue weighted by Crippen LogP contribution is 2.31. The predicted octanol–water partition coefficient (Wildman–Crippen LogP) is 3.43. The van der Waals surface area contributed by atoms with Gasteiger partial charge >= 0.3 is 0 Å². The van der Waals surface area contributed by atoms with Crippen LogP contribution in [0.15, 0.2) is 53.4 Å². The number of anilines is 1. The van der Waals surface area contributed by atoms with Crippen LogP contribution in [0.4, 0.5) is 5.69 Å². The Kier molecular flexibility index (Phi) is 6.39. The zero-order chi connectivity index (χ0) is 19.3. The first-order chi connectivity index (χ1) is 12.3. The molecule has 0 aliphatic carbocycles. The molecule has 1 unspecified atom stereocenters. The number of para-hydroxylation sites is 1. The van der Waals surface area contributed by atoms with Crippen LogP contribution in [0.25, 0.3) is 0 Å². The summed E-state index contributed by atoms with van der Waals surface area (Å²) in [5.74, 6) is 0.516. The molecular formula is C19H24N2O4S. The molecule has 2 aromatic carbocycles. The second-order valence-corrected chi connectivity index (χ2v) is 7.86. The van der Waals surface area contributed by atoms with Crippen LogP contribution in [-0.2, 0) is 14.8 Å². The Balaban J connectivity index is 2.27. The number of sulfonamides is 1. The molecular weight excluding hydrogens is 352 g/mol. The molecule has 0 aliphatic heterocycles. The van der Waals surface area contributed by atoms with Gasteiger partial charge in [0.05, 0.1) is 18.0 Å².